The molecule has 1 aromatic heterocycles. The van der Waals surface area contributed by atoms with Crippen molar-refractivity contribution in [3.8, 4) is 0 Å². The second-order valence-electron chi connectivity index (χ2n) is 3.35. The van der Waals surface area contributed by atoms with Crippen LogP contribution in [0.1, 0.15) is 19.5 Å². The predicted octanol–water partition coefficient (Wildman–Crippen LogP) is 1.54. The van der Waals surface area contributed by atoms with Gasteiger partial charge in [0.1, 0.15) is 0 Å². The lowest BCUT2D eigenvalue weighted by Crippen LogP contribution is -2.29. The molecule has 12 heavy (non-hydrogen) atoms. The molecule has 1 aromatic rings. The Bertz CT molecular complexity index is 298. The standard InChI is InChI=1S/C9H13N3/c1-8(2)11-4-3-9-5-10-6-12(9)7-11/h3-6,8H,7H2,1-2H3. The molecule has 0 bridgehead atoms. The first-order chi connectivity index (χ1) is 5.77. The van der Waals surface area contributed by atoms with Crippen LogP contribution < -0.4 is 0 Å². The van der Waals surface area contributed by atoms with Gasteiger partial charge < -0.3 is 9.47 Å². The van der Waals surface area contributed by atoms with Crippen LogP contribution in [0.4, 0.5) is 0 Å². The highest BCUT2D eigenvalue weighted by atomic mass is 15.3. The van der Waals surface area contributed by atoms with E-state index in [1.165, 1.54) is 5.69 Å². The van der Waals surface area contributed by atoms with E-state index in [1.807, 2.05) is 12.5 Å². The third-order valence-corrected chi connectivity index (χ3v) is 2.16. The monoisotopic (exact) mass is 163 g/mol. The third-order valence-electron chi connectivity index (χ3n) is 2.16. The Kier molecular flexibility index (Phi) is 1.64. The van der Waals surface area contributed by atoms with E-state index in [9.17, 15) is 0 Å². The lowest BCUT2D eigenvalue weighted by Gasteiger charge is -2.28. The van der Waals surface area contributed by atoms with Gasteiger partial charge in [-0.3, -0.25) is 0 Å². The minimum absolute atomic E-state index is 0.553. The molecule has 2 heterocycles. The highest BCUT2D eigenvalue weighted by Gasteiger charge is 2.10. The molecular formula is C9H13N3. The van der Waals surface area contributed by atoms with Crippen molar-refractivity contribution in [2.45, 2.75) is 26.6 Å². The molecule has 0 aromatic carbocycles. The summed E-state index contributed by atoms with van der Waals surface area (Å²) in [7, 11) is 0. The summed E-state index contributed by atoms with van der Waals surface area (Å²) >= 11 is 0. The Morgan fingerprint density at radius 2 is 2.33 bits per heavy atom. The number of hydrogen-bond donors (Lipinski definition) is 0. The molecule has 0 atom stereocenters. The van der Waals surface area contributed by atoms with E-state index in [-0.39, 0.29) is 0 Å². The van der Waals surface area contributed by atoms with Gasteiger partial charge in [-0.1, -0.05) is 0 Å². The van der Waals surface area contributed by atoms with E-state index in [4.69, 9.17) is 0 Å². The fraction of sp³-hybridized carbons (Fsp3) is 0.444. The van der Waals surface area contributed by atoms with Gasteiger partial charge in [-0.15, -0.1) is 0 Å². The van der Waals surface area contributed by atoms with Crippen LogP contribution in [0.15, 0.2) is 18.7 Å². The van der Waals surface area contributed by atoms with E-state index < -0.39 is 0 Å². The fourth-order valence-corrected chi connectivity index (χ4v) is 1.32. The maximum Gasteiger partial charge on any atom is 0.0965 e. The molecule has 0 aliphatic carbocycles. The molecule has 3 heteroatoms. The predicted molar refractivity (Wildman–Crippen MR) is 48.2 cm³/mol. The average Bonchev–Trinajstić information content (AvgIpc) is 2.49. The summed E-state index contributed by atoms with van der Waals surface area (Å²) < 4.78 is 2.14. The van der Waals surface area contributed by atoms with Crippen LogP contribution in [0.2, 0.25) is 0 Å². The SMILES string of the molecule is CC(C)N1C=Cc2cncn2C1. The first kappa shape index (κ1) is 7.40. The average molecular weight is 163 g/mol. The topological polar surface area (TPSA) is 21.1 Å². The zero-order chi connectivity index (χ0) is 8.55. The fourth-order valence-electron chi connectivity index (χ4n) is 1.32. The summed E-state index contributed by atoms with van der Waals surface area (Å²) in [6.45, 7) is 5.29. The first-order valence-electron chi connectivity index (χ1n) is 4.21. The van der Waals surface area contributed by atoms with Crippen molar-refractivity contribution >= 4 is 6.08 Å². The van der Waals surface area contributed by atoms with Crippen molar-refractivity contribution in [3.05, 3.63) is 24.4 Å². The Morgan fingerprint density at radius 1 is 1.50 bits per heavy atom. The lowest BCUT2D eigenvalue weighted by atomic mass is 10.3. The van der Waals surface area contributed by atoms with Crippen LogP contribution in [0.5, 0.6) is 0 Å². The van der Waals surface area contributed by atoms with Gasteiger partial charge in [0.2, 0.25) is 0 Å². The van der Waals surface area contributed by atoms with Crippen LogP contribution in [-0.2, 0) is 6.67 Å². The summed E-state index contributed by atoms with van der Waals surface area (Å²) in [6.07, 6.45) is 7.97. The van der Waals surface area contributed by atoms with E-state index >= 15 is 0 Å². The van der Waals surface area contributed by atoms with Crippen LogP contribution in [0.25, 0.3) is 6.08 Å². The highest BCUT2D eigenvalue weighted by Crippen LogP contribution is 2.13. The zero-order valence-electron chi connectivity index (χ0n) is 7.44. The molecular weight excluding hydrogens is 150 g/mol. The largest absolute Gasteiger partial charge is 0.357 e. The smallest absolute Gasteiger partial charge is 0.0965 e. The maximum atomic E-state index is 4.08. The number of hydrogen-bond acceptors (Lipinski definition) is 2. The lowest BCUT2D eigenvalue weighted by molar-refractivity contribution is 0.246. The summed E-state index contributed by atoms with van der Waals surface area (Å²) in [5, 5.41) is 0. The molecule has 64 valence electrons. The summed E-state index contributed by atoms with van der Waals surface area (Å²) in [5.74, 6) is 0. The van der Waals surface area contributed by atoms with Gasteiger partial charge in [0, 0.05) is 12.2 Å². The van der Waals surface area contributed by atoms with Gasteiger partial charge in [-0.2, -0.15) is 0 Å². The Balaban J connectivity index is 2.24. The normalized spacial score (nSPS) is 15.4. The molecule has 0 spiro atoms. The quantitative estimate of drug-likeness (QED) is 0.626. The molecule has 3 nitrogen and oxygen atoms in total. The van der Waals surface area contributed by atoms with Crippen LogP contribution in [0.3, 0.4) is 0 Å². The van der Waals surface area contributed by atoms with Crippen molar-refractivity contribution in [1.82, 2.24) is 14.5 Å². The van der Waals surface area contributed by atoms with Gasteiger partial charge in [0.05, 0.1) is 24.9 Å². The number of nitrogens with zero attached hydrogens (tertiary/aromatic N) is 3. The molecule has 0 radical (unpaired) electrons. The molecule has 0 amide bonds. The van der Waals surface area contributed by atoms with Gasteiger partial charge in [0.15, 0.2) is 0 Å². The Labute approximate surface area is 72.3 Å². The molecule has 1 aliphatic rings. The molecule has 0 N–H and O–H groups in total. The van der Waals surface area contributed by atoms with Gasteiger partial charge in [-0.25, -0.2) is 4.98 Å². The minimum atomic E-state index is 0.553. The van der Waals surface area contributed by atoms with Crippen LogP contribution in [-0.4, -0.2) is 20.5 Å². The molecule has 0 unspecified atom stereocenters. The number of aromatic nitrogens is 2. The van der Waals surface area contributed by atoms with Gasteiger partial charge >= 0.3 is 0 Å². The van der Waals surface area contributed by atoms with Crippen molar-refractivity contribution in [2.75, 3.05) is 0 Å². The Morgan fingerprint density at radius 3 is 3.08 bits per heavy atom. The van der Waals surface area contributed by atoms with E-state index in [1.54, 1.807) is 0 Å². The molecule has 0 fully saturated rings. The Hall–Kier alpha value is -1.25. The maximum absolute atomic E-state index is 4.08. The molecule has 0 saturated carbocycles. The molecule has 1 aliphatic heterocycles. The molecule has 0 saturated heterocycles. The van der Waals surface area contributed by atoms with E-state index in [0.717, 1.165) is 6.67 Å². The van der Waals surface area contributed by atoms with Gasteiger partial charge in [0.25, 0.3) is 0 Å². The number of fused-ring (bicyclic) bond motifs is 1. The van der Waals surface area contributed by atoms with Crippen molar-refractivity contribution in [1.29, 1.82) is 0 Å². The zero-order valence-corrected chi connectivity index (χ0v) is 7.44. The van der Waals surface area contributed by atoms with Gasteiger partial charge in [-0.05, 0) is 19.9 Å². The number of imidazole rings is 1. The first-order valence-corrected chi connectivity index (χ1v) is 4.21. The highest BCUT2D eigenvalue weighted by molar-refractivity contribution is 5.44. The summed E-state index contributed by atoms with van der Waals surface area (Å²) in [5.41, 5.74) is 1.19. The second kappa shape index (κ2) is 2.66. The van der Waals surface area contributed by atoms with Crippen molar-refractivity contribution in [2.24, 2.45) is 0 Å². The second-order valence-corrected chi connectivity index (χ2v) is 3.35. The molecule has 2 rings (SSSR count). The third kappa shape index (κ3) is 1.11. The van der Waals surface area contributed by atoms with E-state index in [0.29, 0.717) is 6.04 Å². The van der Waals surface area contributed by atoms with Crippen LogP contribution in [0, 0.1) is 0 Å². The number of rotatable bonds is 1. The summed E-state index contributed by atoms with van der Waals surface area (Å²) in [4.78, 5) is 6.36. The summed E-state index contributed by atoms with van der Waals surface area (Å²) in [6, 6.07) is 0.553. The van der Waals surface area contributed by atoms with E-state index in [2.05, 4.69) is 40.6 Å². The van der Waals surface area contributed by atoms with Crippen LogP contribution >= 0.6 is 0 Å². The minimum Gasteiger partial charge on any atom is -0.357 e. The van der Waals surface area contributed by atoms with Crippen molar-refractivity contribution in [3.63, 3.8) is 0 Å². The van der Waals surface area contributed by atoms with Crippen molar-refractivity contribution < 1.29 is 0 Å².